The predicted octanol–water partition coefficient (Wildman–Crippen LogP) is 3.16. The summed E-state index contributed by atoms with van der Waals surface area (Å²) < 4.78 is 1.07. The summed E-state index contributed by atoms with van der Waals surface area (Å²) in [6.07, 6.45) is 3.65. The first-order valence-corrected chi connectivity index (χ1v) is 9.72. The van der Waals surface area contributed by atoms with Crippen molar-refractivity contribution in [2.24, 2.45) is 5.92 Å². The van der Waals surface area contributed by atoms with Crippen LogP contribution in [-0.2, 0) is 4.79 Å². The monoisotopic (exact) mass is 358 g/mol. The van der Waals surface area contributed by atoms with E-state index in [-0.39, 0.29) is 17.9 Å². The zero-order valence-corrected chi connectivity index (χ0v) is 14.9. The number of nitrogens with one attached hydrogen (secondary N) is 1. The number of fused-ring (bicyclic) bond motifs is 1. The number of carbonyl (C=O) groups is 2. The molecule has 0 unspecified atom stereocenters. The molecule has 1 aromatic heterocycles. The van der Waals surface area contributed by atoms with Crippen LogP contribution in [0.15, 0.2) is 24.3 Å². The Labute approximate surface area is 150 Å². The molecule has 2 aliphatic heterocycles. The third-order valence-electron chi connectivity index (χ3n) is 5.04. The van der Waals surface area contributed by atoms with Crippen LogP contribution in [0.25, 0.3) is 10.2 Å². The summed E-state index contributed by atoms with van der Waals surface area (Å²) in [6, 6.07) is 8.01. The van der Waals surface area contributed by atoms with Crippen LogP contribution >= 0.6 is 11.3 Å². The molecule has 0 atom stereocenters. The lowest BCUT2D eigenvalue weighted by atomic mass is 9.96. The van der Waals surface area contributed by atoms with Gasteiger partial charge < -0.3 is 15.1 Å². The van der Waals surface area contributed by atoms with Crippen molar-refractivity contribution >= 4 is 38.6 Å². The third-order valence-corrected chi connectivity index (χ3v) is 5.99. The van der Waals surface area contributed by atoms with Crippen LogP contribution < -0.4 is 5.32 Å². The fraction of sp³-hybridized carbons (Fsp3) is 0.500. The van der Waals surface area contributed by atoms with Crippen LogP contribution in [-0.4, -0.2) is 52.9 Å². The van der Waals surface area contributed by atoms with Crippen LogP contribution in [0, 0.1) is 5.92 Å². The van der Waals surface area contributed by atoms with Crippen LogP contribution in [0.3, 0.4) is 0 Å². The molecule has 1 N–H and O–H groups in total. The lowest BCUT2D eigenvalue weighted by Crippen LogP contribution is -2.47. The van der Waals surface area contributed by atoms with Gasteiger partial charge in [0.15, 0.2) is 5.13 Å². The third kappa shape index (κ3) is 3.46. The number of piperidine rings is 1. The number of hydrogen-bond donors (Lipinski definition) is 1. The van der Waals surface area contributed by atoms with E-state index in [2.05, 4.69) is 10.3 Å². The molecule has 0 saturated carbocycles. The van der Waals surface area contributed by atoms with E-state index in [0.29, 0.717) is 18.2 Å². The molecule has 0 radical (unpaired) electrons. The van der Waals surface area contributed by atoms with Crippen molar-refractivity contribution in [2.75, 3.05) is 31.5 Å². The van der Waals surface area contributed by atoms with Gasteiger partial charge in [-0.25, -0.2) is 9.78 Å². The molecule has 25 heavy (non-hydrogen) atoms. The van der Waals surface area contributed by atoms with E-state index in [9.17, 15) is 9.59 Å². The maximum Gasteiger partial charge on any atom is 0.319 e. The Kier molecular flexibility index (Phi) is 4.57. The molecule has 2 fully saturated rings. The van der Waals surface area contributed by atoms with Crippen molar-refractivity contribution in [3.8, 4) is 0 Å². The number of likely N-dealkylation sites (tertiary alicyclic amines) is 2. The summed E-state index contributed by atoms with van der Waals surface area (Å²) in [6.45, 7) is 3.06. The van der Waals surface area contributed by atoms with Crippen molar-refractivity contribution in [3.05, 3.63) is 24.3 Å². The van der Waals surface area contributed by atoms with Crippen LogP contribution in [0.4, 0.5) is 9.93 Å². The first-order chi connectivity index (χ1) is 12.2. The molecule has 3 amide bonds. The fourth-order valence-electron chi connectivity index (χ4n) is 3.57. The largest absolute Gasteiger partial charge is 0.325 e. The maximum absolute atomic E-state index is 12.5. The number of anilines is 1. The fourth-order valence-corrected chi connectivity index (χ4v) is 4.44. The zero-order valence-electron chi connectivity index (χ0n) is 14.1. The molecule has 4 rings (SSSR count). The predicted molar refractivity (Wildman–Crippen MR) is 98.7 cm³/mol. The Hall–Kier alpha value is -2.15. The molecule has 0 spiro atoms. The molecule has 2 saturated heterocycles. The SMILES string of the molecule is O=C(Nc1nc2ccccc2s1)C1CCN(C(=O)N2CCCC2)CC1. The highest BCUT2D eigenvalue weighted by atomic mass is 32.1. The van der Waals surface area contributed by atoms with E-state index in [1.165, 1.54) is 11.3 Å². The molecular weight excluding hydrogens is 336 g/mol. The summed E-state index contributed by atoms with van der Waals surface area (Å²) in [4.78, 5) is 33.2. The number of amides is 3. The van der Waals surface area contributed by atoms with Gasteiger partial charge in [0.2, 0.25) is 5.91 Å². The van der Waals surface area contributed by atoms with Gasteiger partial charge in [0.05, 0.1) is 10.2 Å². The molecule has 6 nitrogen and oxygen atoms in total. The summed E-state index contributed by atoms with van der Waals surface area (Å²) in [5, 5.41) is 3.61. The van der Waals surface area contributed by atoms with Gasteiger partial charge in [-0.3, -0.25) is 4.79 Å². The van der Waals surface area contributed by atoms with Gasteiger partial charge in [-0.1, -0.05) is 23.5 Å². The highest BCUT2D eigenvalue weighted by molar-refractivity contribution is 7.22. The van der Waals surface area contributed by atoms with Crippen LogP contribution in [0.2, 0.25) is 0 Å². The number of urea groups is 1. The summed E-state index contributed by atoms with van der Waals surface area (Å²) in [7, 11) is 0. The summed E-state index contributed by atoms with van der Waals surface area (Å²) >= 11 is 1.50. The number of para-hydroxylation sites is 1. The second kappa shape index (κ2) is 7.00. The van der Waals surface area contributed by atoms with Gasteiger partial charge in [0, 0.05) is 32.1 Å². The number of thiazole rings is 1. The number of hydrogen-bond acceptors (Lipinski definition) is 4. The molecule has 0 aliphatic carbocycles. The highest BCUT2D eigenvalue weighted by Gasteiger charge is 2.30. The Morgan fingerprint density at radius 1 is 1.04 bits per heavy atom. The standard InChI is InChI=1S/C18H22N4O2S/c23-16(20-17-19-14-5-1-2-6-15(14)25-17)13-7-11-22(12-8-13)18(24)21-9-3-4-10-21/h1-2,5-6,13H,3-4,7-12H2,(H,19,20,23). The van der Waals surface area contributed by atoms with E-state index in [4.69, 9.17) is 0 Å². The molecular formula is C18H22N4O2S. The number of nitrogens with zero attached hydrogens (tertiary/aromatic N) is 3. The van der Waals surface area contributed by atoms with Gasteiger partial charge >= 0.3 is 6.03 Å². The Morgan fingerprint density at radius 3 is 2.44 bits per heavy atom. The van der Waals surface area contributed by atoms with Gasteiger partial charge in [-0.2, -0.15) is 0 Å². The second-order valence-electron chi connectivity index (χ2n) is 6.71. The lowest BCUT2D eigenvalue weighted by Gasteiger charge is -2.33. The molecule has 132 valence electrons. The maximum atomic E-state index is 12.5. The van der Waals surface area contributed by atoms with Crippen molar-refractivity contribution in [1.29, 1.82) is 0 Å². The van der Waals surface area contributed by atoms with Crippen molar-refractivity contribution < 1.29 is 9.59 Å². The number of carbonyl (C=O) groups excluding carboxylic acids is 2. The Balaban J connectivity index is 1.32. The van der Waals surface area contributed by atoms with E-state index < -0.39 is 0 Å². The van der Waals surface area contributed by atoms with Crippen molar-refractivity contribution in [3.63, 3.8) is 0 Å². The van der Waals surface area contributed by atoms with E-state index >= 15 is 0 Å². The molecule has 2 aromatic rings. The zero-order chi connectivity index (χ0) is 17.2. The normalized spacial score (nSPS) is 18.7. The minimum atomic E-state index is -0.0466. The minimum absolute atomic E-state index is 0.0207. The number of rotatable bonds is 2. The van der Waals surface area contributed by atoms with E-state index in [1.54, 1.807) is 0 Å². The average Bonchev–Trinajstić information content (AvgIpc) is 3.30. The van der Waals surface area contributed by atoms with Gasteiger partial charge in [-0.05, 0) is 37.8 Å². The molecule has 1 aromatic carbocycles. The molecule has 3 heterocycles. The first kappa shape index (κ1) is 16.3. The van der Waals surface area contributed by atoms with Crippen molar-refractivity contribution in [2.45, 2.75) is 25.7 Å². The quantitative estimate of drug-likeness (QED) is 0.897. The van der Waals surface area contributed by atoms with Crippen LogP contribution in [0.1, 0.15) is 25.7 Å². The van der Waals surface area contributed by atoms with E-state index in [1.807, 2.05) is 34.1 Å². The average molecular weight is 358 g/mol. The topological polar surface area (TPSA) is 65.5 Å². The number of benzene rings is 1. The molecule has 0 bridgehead atoms. The van der Waals surface area contributed by atoms with E-state index in [0.717, 1.165) is 49.0 Å². The summed E-state index contributed by atoms with van der Waals surface area (Å²) in [5.41, 5.74) is 0.911. The van der Waals surface area contributed by atoms with Crippen molar-refractivity contribution in [1.82, 2.24) is 14.8 Å². The number of aromatic nitrogens is 1. The van der Waals surface area contributed by atoms with Gasteiger partial charge in [0.1, 0.15) is 0 Å². The first-order valence-electron chi connectivity index (χ1n) is 8.91. The van der Waals surface area contributed by atoms with Crippen LogP contribution in [0.5, 0.6) is 0 Å². The smallest absolute Gasteiger partial charge is 0.319 e. The lowest BCUT2D eigenvalue weighted by molar-refractivity contribution is -0.121. The Morgan fingerprint density at radius 2 is 1.72 bits per heavy atom. The molecule has 2 aliphatic rings. The highest BCUT2D eigenvalue weighted by Crippen LogP contribution is 2.27. The molecule has 7 heteroatoms. The summed E-state index contributed by atoms with van der Waals surface area (Å²) in [5.74, 6) is -0.0260. The minimum Gasteiger partial charge on any atom is -0.325 e. The Bertz CT molecular complexity index is 743. The van der Waals surface area contributed by atoms with Gasteiger partial charge in [0.25, 0.3) is 0 Å². The second-order valence-corrected chi connectivity index (χ2v) is 7.74. The van der Waals surface area contributed by atoms with Gasteiger partial charge in [-0.15, -0.1) is 0 Å².